The van der Waals surface area contributed by atoms with E-state index in [0.29, 0.717) is 4.48 Å². The maximum atomic E-state index is 5.63. The van der Waals surface area contributed by atoms with E-state index in [-0.39, 0.29) is 0 Å². The van der Waals surface area contributed by atoms with E-state index in [0.717, 1.165) is 28.4 Å². The summed E-state index contributed by atoms with van der Waals surface area (Å²) in [5.41, 5.74) is 9.19. The van der Waals surface area contributed by atoms with Gasteiger partial charge in [0.2, 0.25) is 0 Å². The number of hydrogen-bond acceptors (Lipinski definition) is 1. The highest BCUT2D eigenvalue weighted by Crippen LogP contribution is 2.46. The summed E-state index contributed by atoms with van der Waals surface area (Å²) in [5, 5.41) is 7.68. The van der Waals surface area contributed by atoms with E-state index >= 15 is 0 Å². The molecule has 9 aromatic carbocycles. The average Bonchev–Trinajstić information content (AvgIpc) is 3.24. The van der Waals surface area contributed by atoms with Crippen LogP contribution in [-0.2, 0) is 0 Å². The number of nitrogens with zero attached hydrogens (tertiary/aromatic N) is 1. The molecule has 0 saturated carbocycles. The molecule has 252 valence electrons. The van der Waals surface area contributed by atoms with Crippen molar-refractivity contribution in [3.05, 3.63) is 223 Å². The molecule has 53 heavy (non-hydrogen) atoms. The largest absolute Gasteiger partial charge is 0.497 e. The average molecular weight is 681 g/mol. The molecule has 0 aromatic heterocycles. The molecule has 1 atom stereocenters. The Balaban J connectivity index is 1.25. The van der Waals surface area contributed by atoms with Crippen molar-refractivity contribution < 1.29 is 4.74 Å². The van der Waals surface area contributed by atoms with Gasteiger partial charge in [0.25, 0.3) is 0 Å². The molecule has 0 bridgehead atoms. The molecule has 0 N–H and O–H groups in total. The van der Waals surface area contributed by atoms with Gasteiger partial charge in [0.15, 0.2) is 0 Å². The summed E-state index contributed by atoms with van der Waals surface area (Å²) < 4.78 is 6.00. The predicted octanol–water partition coefficient (Wildman–Crippen LogP) is 13.8. The molecular weight excluding hydrogens is 643 g/mol. The summed E-state index contributed by atoms with van der Waals surface area (Å²) in [7, 11) is 1.72. The lowest BCUT2D eigenvalue weighted by Gasteiger charge is -2.34. The first kappa shape index (κ1) is 32.2. The molecule has 0 spiro atoms. The second-order valence-corrected chi connectivity index (χ2v) is 13.5. The smallest absolute Gasteiger partial charge is 0.147 e. The van der Waals surface area contributed by atoms with E-state index in [1.165, 1.54) is 54.6 Å². The summed E-state index contributed by atoms with van der Waals surface area (Å²) in [6.07, 6.45) is 6.93. The fourth-order valence-electron chi connectivity index (χ4n) is 7.82. The van der Waals surface area contributed by atoms with Crippen LogP contribution in [0.4, 0.5) is 17.1 Å². The fraction of sp³-hybridized carbons (Fsp3) is 0.0196. The van der Waals surface area contributed by atoms with Crippen molar-refractivity contribution in [3.63, 3.8) is 0 Å². The van der Waals surface area contributed by atoms with Gasteiger partial charge in [-0.25, -0.2) is 4.48 Å². The van der Waals surface area contributed by atoms with Crippen LogP contribution in [-0.4, -0.2) is 7.11 Å². The normalized spacial score (nSPS) is 13.2. The second-order valence-electron chi connectivity index (χ2n) is 13.5. The predicted molar refractivity (Wildman–Crippen MR) is 226 cm³/mol. The van der Waals surface area contributed by atoms with Gasteiger partial charge in [-0.1, -0.05) is 133 Å². The van der Waals surface area contributed by atoms with Crippen LogP contribution in [0.15, 0.2) is 200 Å². The van der Waals surface area contributed by atoms with Crippen LogP contribution in [0.1, 0.15) is 22.3 Å². The lowest BCUT2D eigenvalue weighted by molar-refractivity contribution is 0.414. The van der Waals surface area contributed by atoms with Gasteiger partial charge >= 0.3 is 0 Å². The Morgan fingerprint density at radius 1 is 0.453 bits per heavy atom. The van der Waals surface area contributed by atoms with E-state index < -0.39 is 0 Å². The first-order chi connectivity index (χ1) is 26.2. The SMILES string of the molecule is COc1ccc([N+](C=Cc2ccc3ccc4cccc5ccc2c3c45)(c2ccccc2)c2ccc(C(=Cc3ccccc3)c3ccccc3)cc2)cc1. The van der Waals surface area contributed by atoms with Crippen LogP contribution in [0.3, 0.4) is 0 Å². The Labute approximate surface area is 310 Å². The van der Waals surface area contributed by atoms with Crippen molar-refractivity contribution in [1.82, 2.24) is 4.48 Å². The number of benzene rings is 9. The molecule has 0 aliphatic carbocycles. The van der Waals surface area contributed by atoms with Gasteiger partial charge in [-0.05, 0) is 90.5 Å². The third-order valence-corrected chi connectivity index (χ3v) is 10.5. The number of para-hydroxylation sites is 1. The van der Waals surface area contributed by atoms with Crippen molar-refractivity contribution in [1.29, 1.82) is 0 Å². The molecule has 2 heteroatoms. The third-order valence-electron chi connectivity index (χ3n) is 10.5. The first-order valence-electron chi connectivity index (χ1n) is 18.1. The van der Waals surface area contributed by atoms with E-state index in [9.17, 15) is 0 Å². The number of ether oxygens (including phenoxy) is 1. The Morgan fingerprint density at radius 3 is 1.64 bits per heavy atom. The highest BCUT2D eigenvalue weighted by molar-refractivity contribution is 6.24. The quantitative estimate of drug-likeness (QED) is 0.0838. The van der Waals surface area contributed by atoms with Crippen LogP contribution in [0.5, 0.6) is 5.75 Å². The van der Waals surface area contributed by atoms with Gasteiger partial charge in [0, 0.05) is 42.5 Å². The van der Waals surface area contributed by atoms with Crippen LogP contribution in [0.25, 0.3) is 50.0 Å². The maximum Gasteiger partial charge on any atom is 0.147 e. The lowest BCUT2D eigenvalue weighted by Crippen LogP contribution is -2.32. The third kappa shape index (κ3) is 5.86. The highest BCUT2D eigenvalue weighted by atomic mass is 16.5. The minimum atomic E-state index is 0.371. The number of quaternary nitrogens is 1. The number of hydrogen-bond donors (Lipinski definition) is 0. The van der Waals surface area contributed by atoms with Crippen LogP contribution < -0.4 is 9.22 Å². The zero-order chi connectivity index (χ0) is 35.6. The van der Waals surface area contributed by atoms with E-state index in [1.54, 1.807) is 7.11 Å². The summed E-state index contributed by atoms with van der Waals surface area (Å²) in [6.45, 7) is 0. The van der Waals surface area contributed by atoms with Crippen molar-refractivity contribution >= 4 is 67.1 Å². The van der Waals surface area contributed by atoms with Crippen molar-refractivity contribution in [3.8, 4) is 5.75 Å². The maximum absolute atomic E-state index is 5.63. The Morgan fingerprint density at radius 2 is 0.981 bits per heavy atom. The fourth-order valence-corrected chi connectivity index (χ4v) is 7.82. The first-order valence-corrected chi connectivity index (χ1v) is 18.1. The Kier molecular flexibility index (Phi) is 8.36. The van der Waals surface area contributed by atoms with Gasteiger partial charge in [-0.15, -0.1) is 0 Å². The minimum Gasteiger partial charge on any atom is -0.497 e. The van der Waals surface area contributed by atoms with Gasteiger partial charge in [-0.3, -0.25) is 0 Å². The molecule has 0 aliphatic rings. The van der Waals surface area contributed by atoms with Gasteiger partial charge in [0.05, 0.1) is 7.11 Å². The van der Waals surface area contributed by atoms with E-state index in [4.69, 9.17) is 4.74 Å². The highest BCUT2D eigenvalue weighted by Gasteiger charge is 2.35. The lowest BCUT2D eigenvalue weighted by atomic mass is 9.92. The molecule has 0 saturated heterocycles. The molecule has 0 fully saturated rings. The van der Waals surface area contributed by atoms with Crippen LogP contribution >= 0.6 is 0 Å². The molecule has 1 unspecified atom stereocenters. The molecular formula is C51H38NO+. The topological polar surface area (TPSA) is 9.23 Å². The van der Waals surface area contributed by atoms with Gasteiger partial charge in [-0.2, -0.15) is 0 Å². The number of rotatable bonds is 9. The summed E-state index contributed by atoms with van der Waals surface area (Å²) in [6, 6.07) is 69.7. The molecule has 9 aromatic rings. The summed E-state index contributed by atoms with van der Waals surface area (Å²) in [5.74, 6) is 0.824. The molecule has 0 heterocycles. The zero-order valence-corrected chi connectivity index (χ0v) is 29.6. The van der Waals surface area contributed by atoms with Crippen molar-refractivity contribution in [2.24, 2.45) is 0 Å². The number of methoxy groups -OCH3 is 1. The Bertz CT molecular complexity index is 2700. The monoisotopic (exact) mass is 680 g/mol. The molecule has 9 rings (SSSR count). The summed E-state index contributed by atoms with van der Waals surface area (Å²) in [4.78, 5) is 0. The summed E-state index contributed by atoms with van der Waals surface area (Å²) >= 11 is 0. The Hall–Kier alpha value is -6.74. The van der Waals surface area contributed by atoms with Crippen LogP contribution in [0, 0.1) is 0 Å². The van der Waals surface area contributed by atoms with E-state index in [2.05, 4.69) is 212 Å². The second kappa shape index (κ2) is 13.8. The van der Waals surface area contributed by atoms with Crippen molar-refractivity contribution in [2.45, 2.75) is 0 Å². The minimum absolute atomic E-state index is 0.371. The van der Waals surface area contributed by atoms with Gasteiger partial charge in [0.1, 0.15) is 29.0 Å². The molecule has 2 nitrogen and oxygen atoms in total. The van der Waals surface area contributed by atoms with Crippen molar-refractivity contribution in [2.75, 3.05) is 7.11 Å². The van der Waals surface area contributed by atoms with Crippen LogP contribution in [0.2, 0.25) is 0 Å². The zero-order valence-electron chi connectivity index (χ0n) is 29.6. The molecule has 0 amide bonds. The molecule has 0 aliphatic heterocycles. The van der Waals surface area contributed by atoms with Gasteiger partial charge < -0.3 is 4.74 Å². The standard InChI is InChI=1S/C51H38NO/c1-53-47-31-29-46(30-32-47)52(44-18-9-4-10-19-44,35-34-40-20-21-43-23-22-41-16-11-17-42-26-33-48(40)51(43)50(41)42)45-27-24-39(25-28-45)49(38-14-7-3-8-15-38)36-37-12-5-2-6-13-37/h2-36H,1H3/q+1. The molecule has 0 radical (unpaired) electrons. The van der Waals surface area contributed by atoms with E-state index in [1.807, 2.05) is 0 Å².